The Hall–Kier alpha value is -3.13. The van der Waals surface area contributed by atoms with Crippen LogP contribution in [-0.4, -0.2) is 50.3 Å². The molecule has 8 heteroatoms. The van der Waals surface area contributed by atoms with Crippen molar-refractivity contribution in [3.63, 3.8) is 0 Å². The van der Waals surface area contributed by atoms with E-state index in [1.54, 1.807) is 25.3 Å². The van der Waals surface area contributed by atoms with Crippen molar-refractivity contribution >= 4 is 17.5 Å². The quantitative estimate of drug-likeness (QED) is 0.721. The minimum atomic E-state index is -0.367. The van der Waals surface area contributed by atoms with Crippen LogP contribution < -0.4 is 20.1 Å². The number of aromatic nitrogens is 1. The van der Waals surface area contributed by atoms with Crippen molar-refractivity contribution in [2.75, 3.05) is 38.8 Å². The standard InChI is InChI=1S/C19H21N3O5/c1-25-6-2-5-21-18(23)13-9-14(12-20-11-13)19(24)22-15-3-4-16-17(10-15)27-8-7-26-16/h3-4,9-12H,2,5-8H2,1H3,(H,21,23)(H,22,24). The molecule has 142 valence electrons. The normalized spacial score (nSPS) is 12.3. The molecule has 1 aromatic heterocycles. The number of pyridine rings is 1. The highest BCUT2D eigenvalue weighted by Gasteiger charge is 2.15. The van der Waals surface area contributed by atoms with Gasteiger partial charge in [0.25, 0.3) is 11.8 Å². The maximum absolute atomic E-state index is 12.5. The molecule has 3 rings (SSSR count). The zero-order valence-electron chi connectivity index (χ0n) is 15.0. The summed E-state index contributed by atoms with van der Waals surface area (Å²) in [5.74, 6) is 0.579. The fraction of sp³-hybridized carbons (Fsp3) is 0.316. The summed E-state index contributed by atoms with van der Waals surface area (Å²) >= 11 is 0. The van der Waals surface area contributed by atoms with E-state index in [0.717, 1.165) is 0 Å². The number of benzene rings is 1. The maximum atomic E-state index is 12.5. The van der Waals surface area contributed by atoms with Gasteiger partial charge in [-0.1, -0.05) is 0 Å². The van der Waals surface area contributed by atoms with Crippen molar-refractivity contribution in [2.45, 2.75) is 6.42 Å². The van der Waals surface area contributed by atoms with E-state index in [1.807, 2.05) is 0 Å². The van der Waals surface area contributed by atoms with Crippen LogP contribution in [0, 0.1) is 0 Å². The first-order valence-corrected chi connectivity index (χ1v) is 8.60. The van der Waals surface area contributed by atoms with Crippen LogP contribution >= 0.6 is 0 Å². The molecule has 0 saturated heterocycles. The van der Waals surface area contributed by atoms with Crippen molar-refractivity contribution in [1.29, 1.82) is 0 Å². The second-order valence-electron chi connectivity index (χ2n) is 5.88. The second-order valence-corrected chi connectivity index (χ2v) is 5.88. The second kappa shape index (κ2) is 9.00. The number of rotatable bonds is 7. The number of ether oxygens (including phenoxy) is 3. The summed E-state index contributed by atoms with van der Waals surface area (Å²) in [6.45, 7) is 2.03. The SMILES string of the molecule is COCCCNC(=O)c1cncc(C(=O)Nc2ccc3c(c2)OCCO3)c1. The monoisotopic (exact) mass is 371 g/mol. The molecule has 0 saturated carbocycles. The van der Waals surface area contributed by atoms with Gasteiger partial charge in [-0.3, -0.25) is 14.6 Å². The summed E-state index contributed by atoms with van der Waals surface area (Å²) in [5, 5.41) is 5.53. The number of nitrogens with one attached hydrogen (secondary N) is 2. The van der Waals surface area contributed by atoms with Crippen molar-refractivity contribution in [1.82, 2.24) is 10.3 Å². The van der Waals surface area contributed by atoms with Crippen LogP contribution in [0.25, 0.3) is 0 Å². The summed E-state index contributed by atoms with van der Waals surface area (Å²) < 4.78 is 15.9. The molecule has 0 radical (unpaired) electrons. The Bertz CT molecular complexity index is 825. The van der Waals surface area contributed by atoms with Crippen LogP contribution in [0.3, 0.4) is 0 Å². The molecule has 1 aliphatic heterocycles. The molecule has 2 N–H and O–H groups in total. The Morgan fingerprint density at radius 1 is 1.07 bits per heavy atom. The predicted molar refractivity (Wildman–Crippen MR) is 98.4 cm³/mol. The fourth-order valence-electron chi connectivity index (χ4n) is 2.53. The molecule has 2 heterocycles. The van der Waals surface area contributed by atoms with Crippen LogP contribution in [0.4, 0.5) is 5.69 Å². The summed E-state index contributed by atoms with van der Waals surface area (Å²) in [6.07, 6.45) is 3.54. The van der Waals surface area contributed by atoms with Crippen LogP contribution in [0.2, 0.25) is 0 Å². The smallest absolute Gasteiger partial charge is 0.257 e. The highest BCUT2D eigenvalue weighted by molar-refractivity contribution is 6.06. The topological polar surface area (TPSA) is 98.8 Å². The van der Waals surface area contributed by atoms with E-state index in [9.17, 15) is 9.59 Å². The summed E-state index contributed by atoms with van der Waals surface area (Å²) in [5.41, 5.74) is 1.18. The Labute approximate surface area is 156 Å². The van der Waals surface area contributed by atoms with E-state index in [1.165, 1.54) is 18.5 Å². The first-order valence-electron chi connectivity index (χ1n) is 8.60. The number of fused-ring (bicyclic) bond motifs is 1. The molecule has 1 aliphatic rings. The average Bonchev–Trinajstić information content (AvgIpc) is 2.71. The number of carbonyl (C=O) groups excluding carboxylic acids is 2. The van der Waals surface area contributed by atoms with Crippen LogP contribution in [0.5, 0.6) is 11.5 Å². The Balaban J connectivity index is 1.64. The Morgan fingerprint density at radius 2 is 1.81 bits per heavy atom. The lowest BCUT2D eigenvalue weighted by Gasteiger charge is -2.19. The predicted octanol–water partition coefficient (Wildman–Crippen LogP) is 1.87. The van der Waals surface area contributed by atoms with Gasteiger partial charge in [0.15, 0.2) is 11.5 Å². The van der Waals surface area contributed by atoms with Gasteiger partial charge in [-0.05, 0) is 24.6 Å². The van der Waals surface area contributed by atoms with Gasteiger partial charge in [0.05, 0.1) is 11.1 Å². The zero-order valence-corrected chi connectivity index (χ0v) is 15.0. The van der Waals surface area contributed by atoms with Gasteiger partial charge in [-0.15, -0.1) is 0 Å². The largest absolute Gasteiger partial charge is 0.486 e. The third-order valence-corrected chi connectivity index (χ3v) is 3.87. The minimum absolute atomic E-state index is 0.285. The summed E-state index contributed by atoms with van der Waals surface area (Å²) in [4.78, 5) is 28.6. The average molecular weight is 371 g/mol. The van der Waals surface area contributed by atoms with Gasteiger partial charge in [0.2, 0.25) is 0 Å². The van der Waals surface area contributed by atoms with Crippen molar-refractivity contribution in [2.24, 2.45) is 0 Å². The molecule has 0 bridgehead atoms. The van der Waals surface area contributed by atoms with Gasteiger partial charge in [0, 0.05) is 44.4 Å². The molecule has 0 atom stereocenters. The highest BCUT2D eigenvalue weighted by Crippen LogP contribution is 2.32. The van der Waals surface area contributed by atoms with Gasteiger partial charge in [0.1, 0.15) is 13.2 Å². The maximum Gasteiger partial charge on any atom is 0.257 e. The van der Waals surface area contributed by atoms with E-state index in [0.29, 0.717) is 55.5 Å². The van der Waals surface area contributed by atoms with E-state index in [2.05, 4.69) is 15.6 Å². The van der Waals surface area contributed by atoms with Crippen molar-refractivity contribution < 1.29 is 23.8 Å². The summed E-state index contributed by atoms with van der Waals surface area (Å²) in [7, 11) is 1.61. The first kappa shape index (κ1) is 18.7. The highest BCUT2D eigenvalue weighted by atomic mass is 16.6. The van der Waals surface area contributed by atoms with Crippen LogP contribution in [0.1, 0.15) is 27.1 Å². The van der Waals surface area contributed by atoms with E-state index in [-0.39, 0.29) is 17.4 Å². The summed E-state index contributed by atoms with van der Waals surface area (Å²) in [6, 6.07) is 6.68. The molecule has 2 amide bonds. The van der Waals surface area contributed by atoms with Crippen LogP contribution in [0.15, 0.2) is 36.7 Å². The minimum Gasteiger partial charge on any atom is -0.486 e. The van der Waals surface area contributed by atoms with Gasteiger partial charge >= 0.3 is 0 Å². The van der Waals surface area contributed by atoms with Crippen LogP contribution in [-0.2, 0) is 4.74 Å². The molecule has 0 unspecified atom stereocenters. The molecule has 0 aliphatic carbocycles. The van der Waals surface area contributed by atoms with Gasteiger partial charge < -0.3 is 24.8 Å². The third-order valence-electron chi connectivity index (χ3n) is 3.87. The lowest BCUT2D eigenvalue weighted by atomic mass is 10.1. The molecule has 2 aromatic rings. The number of amides is 2. The van der Waals surface area contributed by atoms with Gasteiger partial charge in [-0.25, -0.2) is 0 Å². The zero-order chi connectivity index (χ0) is 19.1. The number of anilines is 1. The third kappa shape index (κ3) is 4.95. The Morgan fingerprint density at radius 3 is 2.59 bits per heavy atom. The molecule has 1 aromatic carbocycles. The molecule has 0 fully saturated rings. The van der Waals surface area contributed by atoms with Crippen molar-refractivity contribution in [3.8, 4) is 11.5 Å². The molecule has 0 spiro atoms. The fourth-order valence-corrected chi connectivity index (χ4v) is 2.53. The molecular weight excluding hydrogens is 350 g/mol. The Kier molecular flexibility index (Phi) is 6.22. The van der Waals surface area contributed by atoms with E-state index >= 15 is 0 Å². The first-order chi connectivity index (χ1) is 13.2. The lowest BCUT2D eigenvalue weighted by molar-refractivity contribution is 0.0948. The lowest BCUT2D eigenvalue weighted by Crippen LogP contribution is -2.25. The van der Waals surface area contributed by atoms with Gasteiger partial charge in [-0.2, -0.15) is 0 Å². The number of hydrogen-bond donors (Lipinski definition) is 2. The van der Waals surface area contributed by atoms with E-state index in [4.69, 9.17) is 14.2 Å². The molecule has 8 nitrogen and oxygen atoms in total. The number of carbonyl (C=O) groups is 2. The molecule has 27 heavy (non-hydrogen) atoms. The van der Waals surface area contributed by atoms with E-state index < -0.39 is 0 Å². The number of methoxy groups -OCH3 is 1. The van der Waals surface area contributed by atoms with Crippen molar-refractivity contribution in [3.05, 3.63) is 47.8 Å². The molecular formula is C19H21N3O5. The number of nitrogens with zero attached hydrogens (tertiary/aromatic N) is 1. The number of hydrogen-bond acceptors (Lipinski definition) is 6.